The van der Waals surface area contributed by atoms with Gasteiger partial charge in [-0.3, -0.25) is 0 Å². The summed E-state index contributed by atoms with van der Waals surface area (Å²) in [7, 11) is 0. The predicted octanol–water partition coefficient (Wildman–Crippen LogP) is 7.32. The van der Waals surface area contributed by atoms with E-state index in [0.717, 1.165) is 0 Å². The number of hydrogen-bond donors (Lipinski definition) is 0. The van der Waals surface area contributed by atoms with E-state index in [1.54, 1.807) is 35.3 Å². The SMILES string of the molecule is CSc1cccc(N(c2cccc(SC)c2)c2cccc(SC)c2)c1. The fourth-order valence-corrected chi connectivity index (χ4v) is 4.06. The summed E-state index contributed by atoms with van der Waals surface area (Å²) in [6, 6.07) is 26.1. The van der Waals surface area contributed by atoms with Crippen molar-refractivity contribution in [3.05, 3.63) is 72.8 Å². The standard InChI is InChI=1S/C21H21NS3/c1-23-19-10-4-7-16(13-19)22(17-8-5-11-20(14-17)24-2)18-9-6-12-21(15-18)25-3/h4-15H,1-3H3. The lowest BCUT2D eigenvalue weighted by molar-refractivity contribution is 1.23. The summed E-state index contributed by atoms with van der Waals surface area (Å²) in [5.41, 5.74) is 3.55. The molecule has 0 saturated carbocycles. The average Bonchev–Trinajstić information content (AvgIpc) is 2.68. The Kier molecular flexibility index (Phi) is 6.40. The van der Waals surface area contributed by atoms with Crippen molar-refractivity contribution in [1.29, 1.82) is 0 Å². The fourth-order valence-electron chi connectivity index (χ4n) is 2.70. The first kappa shape index (κ1) is 18.3. The van der Waals surface area contributed by atoms with Crippen LogP contribution in [0.3, 0.4) is 0 Å². The summed E-state index contributed by atoms with van der Waals surface area (Å²) in [6.07, 6.45) is 6.35. The van der Waals surface area contributed by atoms with Gasteiger partial charge >= 0.3 is 0 Å². The molecule has 0 fully saturated rings. The zero-order valence-corrected chi connectivity index (χ0v) is 17.0. The molecule has 0 aromatic heterocycles. The molecule has 0 aliphatic heterocycles. The van der Waals surface area contributed by atoms with Crippen LogP contribution in [0.1, 0.15) is 0 Å². The number of thioether (sulfide) groups is 3. The van der Waals surface area contributed by atoms with Crippen molar-refractivity contribution < 1.29 is 0 Å². The Morgan fingerprint density at radius 3 is 1.12 bits per heavy atom. The first-order valence-corrected chi connectivity index (χ1v) is 11.6. The van der Waals surface area contributed by atoms with E-state index in [4.69, 9.17) is 0 Å². The highest BCUT2D eigenvalue weighted by molar-refractivity contribution is 7.99. The van der Waals surface area contributed by atoms with Crippen LogP contribution in [-0.2, 0) is 0 Å². The quantitative estimate of drug-likeness (QED) is 0.410. The largest absolute Gasteiger partial charge is 0.310 e. The van der Waals surface area contributed by atoms with Gasteiger partial charge in [0.25, 0.3) is 0 Å². The van der Waals surface area contributed by atoms with Crippen LogP contribution in [0.5, 0.6) is 0 Å². The van der Waals surface area contributed by atoms with Gasteiger partial charge < -0.3 is 4.90 Å². The second kappa shape index (κ2) is 8.75. The molecule has 25 heavy (non-hydrogen) atoms. The summed E-state index contributed by atoms with van der Waals surface area (Å²) >= 11 is 5.31. The lowest BCUT2D eigenvalue weighted by Gasteiger charge is -2.26. The molecule has 1 nitrogen and oxygen atoms in total. The van der Waals surface area contributed by atoms with Crippen LogP contribution >= 0.6 is 35.3 Å². The minimum Gasteiger partial charge on any atom is -0.310 e. The van der Waals surface area contributed by atoms with Crippen molar-refractivity contribution in [2.75, 3.05) is 23.7 Å². The van der Waals surface area contributed by atoms with Gasteiger partial charge in [-0.25, -0.2) is 0 Å². The molecular formula is C21H21NS3. The minimum absolute atomic E-state index is 1.18. The molecule has 4 heteroatoms. The highest BCUT2D eigenvalue weighted by Crippen LogP contribution is 2.38. The van der Waals surface area contributed by atoms with Crippen molar-refractivity contribution in [2.24, 2.45) is 0 Å². The number of hydrogen-bond acceptors (Lipinski definition) is 4. The van der Waals surface area contributed by atoms with Crippen molar-refractivity contribution in [3.8, 4) is 0 Å². The third-order valence-corrected chi connectivity index (χ3v) is 6.11. The maximum atomic E-state index is 2.33. The van der Waals surface area contributed by atoms with E-state index in [1.165, 1.54) is 31.7 Å². The lowest BCUT2D eigenvalue weighted by Crippen LogP contribution is -2.10. The Balaban J connectivity index is 2.16. The van der Waals surface area contributed by atoms with Gasteiger partial charge in [0.15, 0.2) is 0 Å². The maximum Gasteiger partial charge on any atom is 0.0472 e. The van der Waals surface area contributed by atoms with Crippen molar-refractivity contribution in [2.45, 2.75) is 14.7 Å². The van der Waals surface area contributed by atoms with Gasteiger partial charge in [-0.1, -0.05) is 18.2 Å². The predicted molar refractivity (Wildman–Crippen MR) is 116 cm³/mol. The highest BCUT2D eigenvalue weighted by atomic mass is 32.2. The molecule has 0 aliphatic carbocycles. The van der Waals surface area contributed by atoms with E-state index in [0.29, 0.717) is 0 Å². The smallest absolute Gasteiger partial charge is 0.0472 e. The number of anilines is 3. The molecule has 0 spiro atoms. The van der Waals surface area contributed by atoms with E-state index in [9.17, 15) is 0 Å². The molecule has 3 aromatic carbocycles. The van der Waals surface area contributed by atoms with Crippen LogP contribution in [-0.4, -0.2) is 18.8 Å². The summed E-state index contributed by atoms with van der Waals surface area (Å²) < 4.78 is 0. The van der Waals surface area contributed by atoms with Crippen molar-refractivity contribution >= 4 is 52.3 Å². The minimum atomic E-state index is 1.18. The number of rotatable bonds is 6. The Hall–Kier alpha value is -1.49. The van der Waals surface area contributed by atoms with Crippen molar-refractivity contribution in [1.82, 2.24) is 0 Å². The monoisotopic (exact) mass is 383 g/mol. The van der Waals surface area contributed by atoms with Gasteiger partial charge in [0.2, 0.25) is 0 Å². The van der Waals surface area contributed by atoms with Crippen LogP contribution in [0.15, 0.2) is 87.5 Å². The van der Waals surface area contributed by atoms with E-state index in [-0.39, 0.29) is 0 Å². The number of nitrogens with zero attached hydrogens (tertiary/aromatic N) is 1. The summed E-state index contributed by atoms with van der Waals surface area (Å²) in [4.78, 5) is 6.14. The Morgan fingerprint density at radius 1 is 0.520 bits per heavy atom. The molecule has 128 valence electrons. The first-order chi connectivity index (χ1) is 12.2. The molecule has 3 aromatic rings. The van der Waals surface area contributed by atoms with Gasteiger partial charge in [-0.2, -0.15) is 0 Å². The molecule has 0 heterocycles. The second-order valence-corrected chi connectivity index (χ2v) is 8.08. The van der Waals surface area contributed by atoms with Crippen LogP contribution in [0.2, 0.25) is 0 Å². The van der Waals surface area contributed by atoms with Crippen LogP contribution in [0, 0.1) is 0 Å². The molecular weight excluding hydrogens is 362 g/mol. The molecule has 0 saturated heterocycles. The Labute approximate surface area is 163 Å². The van der Waals surface area contributed by atoms with E-state index >= 15 is 0 Å². The van der Waals surface area contributed by atoms with Gasteiger partial charge in [0, 0.05) is 31.7 Å². The van der Waals surface area contributed by atoms with Crippen LogP contribution in [0.4, 0.5) is 17.1 Å². The van der Waals surface area contributed by atoms with Crippen LogP contribution < -0.4 is 4.90 Å². The van der Waals surface area contributed by atoms with Gasteiger partial charge in [0.05, 0.1) is 0 Å². The van der Waals surface area contributed by atoms with Gasteiger partial charge in [-0.15, -0.1) is 35.3 Å². The molecule has 0 N–H and O–H groups in total. The lowest BCUT2D eigenvalue weighted by atomic mass is 10.2. The summed E-state index contributed by atoms with van der Waals surface area (Å²) in [5.74, 6) is 0. The van der Waals surface area contributed by atoms with Crippen LogP contribution in [0.25, 0.3) is 0 Å². The maximum absolute atomic E-state index is 2.33. The third kappa shape index (κ3) is 4.38. The molecule has 0 amide bonds. The molecule has 0 bridgehead atoms. The third-order valence-electron chi connectivity index (χ3n) is 3.93. The normalized spacial score (nSPS) is 10.7. The molecule has 0 radical (unpaired) electrons. The summed E-state index contributed by atoms with van der Waals surface area (Å²) in [6.45, 7) is 0. The number of benzene rings is 3. The second-order valence-electron chi connectivity index (χ2n) is 5.44. The Bertz CT molecular complexity index is 735. The van der Waals surface area contributed by atoms with E-state index < -0.39 is 0 Å². The van der Waals surface area contributed by atoms with E-state index in [2.05, 4.69) is 96.5 Å². The van der Waals surface area contributed by atoms with Gasteiger partial charge in [0.1, 0.15) is 0 Å². The summed E-state index contributed by atoms with van der Waals surface area (Å²) in [5, 5.41) is 0. The molecule has 0 aliphatic rings. The topological polar surface area (TPSA) is 3.24 Å². The zero-order chi connectivity index (χ0) is 17.6. The Morgan fingerprint density at radius 2 is 0.840 bits per heavy atom. The highest BCUT2D eigenvalue weighted by Gasteiger charge is 2.13. The zero-order valence-electron chi connectivity index (χ0n) is 14.6. The van der Waals surface area contributed by atoms with E-state index in [1.807, 2.05) is 0 Å². The molecule has 0 unspecified atom stereocenters. The first-order valence-electron chi connectivity index (χ1n) is 7.97. The molecule has 3 rings (SSSR count). The molecule has 0 atom stereocenters. The average molecular weight is 384 g/mol. The van der Waals surface area contributed by atoms with Crippen molar-refractivity contribution in [3.63, 3.8) is 0 Å². The van der Waals surface area contributed by atoms with Gasteiger partial charge in [-0.05, 0) is 73.4 Å². The fraction of sp³-hybridized carbons (Fsp3) is 0.143.